The van der Waals surface area contributed by atoms with Crippen molar-refractivity contribution in [1.82, 2.24) is 0 Å². The fourth-order valence-electron chi connectivity index (χ4n) is 1.77. The molecule has 16 heavy (non-hydrogen) atoms. The molecule has 3 heteroatoms. The number of benzene rings is 1. The Morgan fingerprint density at radius 2 is 1.81 bits per heavy atom. The first-order valence-electron chi connectivity index (χ1n) is 5.64. The molecule has 0 spiro atoms. The Labute approximate surface area is 112 Å². The van der Waals surface area contributed by atoms with Gasteiger partial charge in [0.2, 0.25) is 0 Å². The fourth-order valence-corrected chi connectivity index (χ4v) is 2.95. The number of thioether (sulfide) groups is 1. The standard InChI is InChI=1S/C13H20BrNS/c1-10-8-12(14)9-11(2)13(10)15-6-4-5-7-16-3/h8-9,15H,4-7H2,1-3H3. The lowest BCUT2D eigenvalue weighted by molar-refractivity contribution is 0.842. The maximum absolute atomic E-state index is 3.54. The van der Waals surface area contributed by atoms with Crippen molar-refractivity contribution in [3.05, 3.63) is 27.7 Å². The van der Waals surface area contributed by atoms with Gasteiger partial charge >= 0.3 is 0 Å². The Bertz CT molecular complexity index is 316. The van der Waals surface area contributed by atoms with E-state index in [0.29, 0.717) is 0 Å². The van der Waals surface area contributed by atoms with Gasteiger partial charge in [0.15, 0.2) is 0 Å². The summed E-state index contributed by atoms with van der Waals surface area (Å²) in [6.45, 7) is 5.38. The molecule has 0 aromatic heterocycles. The quantitative estimate of drug-likeness (QED) is 0.769. The fraction of sp³-hybridized carbons (Fsp3) is 0.538. The van der Waals surface area contributed by atoms with Crippen LogP contribution in [0.25, 0.3) is 0 Å². The maximum atomic E-state index is 3.54. The van der Waals surface area contributed by atoms with Crippen LogP contribution in [0.1, 0.15) is 24.0 Å². The van der Waals surface area contributed by atoms with Crippen LogP contribution in [0.2, 0.25) is 0 Å². The third-order valence-electron chi connectivity index (χ3n) is 2.57. The van der Waals surface area contributed by atoms with Crippen LogP contribution in [-0.4, -0.2) is 18.6 Å². The molecule has 0 aliphatic rings. The highest BCUT2D eigenvalue weighted by atomic mass is 79.9. The Morgan fingerprint density at radius 3 is 2.38 bits per heavy atom. The Kier molecular flexibility index (Phi) is 6.29. The van der Waals surface area contributed by atoms with Gasteiger partial charge in [0, 0.05) is 16.7 Å². The minimum Gasteiger partial charge on any atom is -0.385 e. The zero-order chi connectivity index (χ0) is 12.0. The monoisotopic (exact) mass is 301 g/mol. The molecule has 0 amide bonds. The van der Waals surface area contributed by atoms with E-state index >= 15 is 0 Å². The van der Waals surface area contributed by atoms with Crippen LogP contribution in [0, 0.1) is 13.8 Å². The van der Waals surface area contributed by atoms with E-state index in [1.807, 2.05) is 11.8 Å². The van der Waals surface area contributed by atoms with Crippen molar-refractivity contribution in [2.45, 2.75) is 26.7 Å². The molecule has 1 aromatic rings. The molecule has 0 aliphatic heterocycles. The average molecular weight is 302 g/mol. The summed E-state index contributed by atoms with van der Waals surface area (Å²) in [6, 6.07) is 4.33. The van der Waals surface area contributed by atoms with Gasteiger partial charge in [0.25, 0.3) is 0 Å². The Balaban J connectivity index is 2.47. The van der Waals surface area contributed by atoms with Crippen LogP contribution in [0.4, 0.5) is 5.69 Å². The number of rotatable bonds is 6. The smallest absolute Gasteiger partial charge is 0.0400 e. The van der Waals surface area contributed by atoms with Gasteiger partial charge in [-0.1, -0.05) is 15.9 Å². The van der Waals surface area contributed by atoms with Gasteiger partial charge in [-0.05, 0) is 62.0 Å². The van der Waals surface area contributed by atoms with E-state index in [9.17, 15) is 0 Å². The minimum absolute atomic E-state index is 1.07. The molecule has 0 fully saturated rings. The molecule has 1 aromatic carbocycles. The van der Waals surface area contributed by atoms with Crippen molar-refractivity contribution in [2.75, 3.05) is 23.9 Å². The predicted octanol–water partition coefficient (Wildman–Crippen LogP) is 4.62. The highest BCUT2D eigenvalue weighted by molar-refractivity contribution is 9.10. The zero-order valence-corrected chi connectivity index (χ0v) is 12.7. The molecular weight excluding hydrogens is 282 g/mol. The topological polar surface area (TPSA) is 12.0 Å². The van der Waals surface area contributed by atoms with Gasteiger partial charge < -0.3 is 5.32 Å². The molecule has 1 rings (SSSR count). The van der Waals surface area contributed by atoms with Gasteiger partial charge in [-0.3, -0.25) is 0 Å². The number of nitrogens with one attached hydrogen (secondary N) is 1. The van der Waals surface area contributed by atoms with Gasteiger partial charge in [0.1, 0.15) is 0 Å². The zero-order valence-electron chi connectivity index (χ0n) is 10.3. The van der Waals surface area contributed by atoms with Crippen LogP contribution in [0.5, 0.6) is 0 Å². The minimum atomic E-state index is 1.07. The van der Waals surface area contributed by atoms with Crippen molar-refractivity contribution in [1.29, 1.82) is 0 Å². The largest absolute Gasteiger partial charge is 0.385 e. The number of unbranched alkanes of at least 4 members (excludes halogenated alkanes) is 1. The van der Waals surface area contributed by atoms with E-state index < -0.39 is 0 Å². The molecule has 0 saturated heterocycles. The summed E-state index contributed by atoms with van der Waals surface area (Å²) in [5, 5.41) is 3.54. The van der Waals surface area contributed by atoms with Crippen LogP contribution in [0.15, 0.2) is 16.6 Å². The summed E-state index contributed by atoms with van der Waals surface area (Å²) >= 11 is 5.44. The molecule has 0 saturated carbocycles. The molecule has 90 valence electrons. The van der Waals surface area contributed by atoms with E-state index in [4.69, 9.17) is 0 Å². The highest BCUT2D eigenvalue weighted by Gasteiger charge is 2.02. The average Bonchev–Trinajstić information content (AvgIpc) is 2.20. The maximum Gasteiger partial charge on any atom is 0.0400 e. The molecule has 0 unspecified atom stereocenters. The second-order valence-electron chi connectivity index (χ2n) is 4.04. The Hall–Kier alpha value is -0.150. The number of hydrogen-bond donors (Lipinski definition) is 1. The molecule has 1 nitrogen and oxygen atoms in total. The highest BCUT2D eigenvalue weighted by Crippen LogP contribution is 2.25. The summed E-state index contributed by atoms with van der Waals surface area (Å²) in [5.74, 6) is 1.26. The second kappa shape index (κ2) is 7.23. The van der Waals surface area contributed by atoms with Gasteiger partial charge in [-0.25, -0.2) is 0 Å². The molecule has 0 atom stereocenters. The molecule has 1 N–H and O–H groups in total. The van der Waals surface area contributed by atoms with E-state index in [1.54, 1.807) is 0 Å². The normalized spacial score (nSPS) is 10.5. The summed E-state index contributed by atoms with van der Waals surface area (Å²) in [6.07, 6.45) is 4.70. The van der Waals surface area contributed by atoms with Crippen LogP contribution >= 0.6 is 27.7 Å². The molecule has 0 heterocycles. The summed E-state index contributed by atoms with van der Waals surface area (Å²) in [5.41, 5.74) is 3.93. The SMILES string of the molecule is CSCCCCNc1c(C)cc(Br)cc1C. The van der Waals surface area contributed by atoms with Crippen molar-refractivity contribution in [2.24, 2.45) is 0 Å². The molecule has 0 bridgehead atoms. The van der Waals surface area contributed by atoms with Crippen LogP contribution in [0.3, 0.4) is 0 Å². The van der Waals surface area contributed by atoms with Gasteiger partial charge in [-0.2, -0.15) is 11.8 Å². The Morgan fingerprint density at radius 1 is 1.19 bits per heavy atom. The van der Waals surface area contributed by atoms with Crippen LogP contribution < -0.4 is 5.32 Å². The van der Waals surface area contributed by atoms with Gasteiger partial charge in [-0.15, -0.1) is 0 Å². The lowest BCUT2D eigenvalue weighted by atomic mass is 10.1. The number of hydrogen-bond acceptors (Lipinski definition) is 2. The predicted molar refractivity (Wildman–Crippen MR) is 79.7 cm³/mol. The summed E-state index contributed by atoms with van der Waals surface area (Å²) in [4.78, 5) is 0. The van der Waals surface area contributed by atoms with Crippen LogP contribution in [-0.2, 0) is 0 Å². The number of anilines is 1. The van der Waals surface area contributed by atoms with Crippen molar-refractivity contribution >= 4 is 33.4 Å². The third-order valence-corrected chi connectivity index (χ3v) is 3.73. The number of aryl methyl sites for hydroxylation is 2. The number of halogens is 1. The van der Waals surface area contributed by atoms with Crippen molar-refractivity contribution < 1.29 is 0 Å². The molecular formula is C13H20BrNS. The van der Waals surface area contributed by atoms with Crippen molar-refractivity contribution in [3.8, 4) is 0 Å². The molecule has 0 aliphatic carbocycles. The third kappa shape index (κ3) is 4.38. The van der Waals surface area contributed by atoms with E-state index in [0.717, 1.165) is 11.0 Å². The lowest BCUT2D eigenvalue weighted by Crippen LogP contribution is -2.05. The molecule has 0 radical (unpaired) electrons. The van der Waals surface area contributed by atoms with E-state index in [-0.39, 0.29) is 0 Å². The van der Waals surface area contributed by atoms with E-state index in [1.165, 1.54) is 35.4 Å². The van der Waals surface area contributed by atoms with Crippen molar-refractivity contribution in [3.63, 3.8) is 0 Å². The first-order valence-corrected chi connectivity index (χ1v) is 7.83. The first-order chi connectivity index (χ1) is 7.65. The lowest BCUT2D eigenvalue weighted by Gasteiger charge is -2.13. The first kappa shape index (κ1) is 13.9. The second-order valence-corrected chi connectivity index (χ2v) is 5.94. The van der Waals surface area contributed by atoms with E-state index in [2.05, 4.69) is 53.5 Å². The summed E-state index contributed by atoms with van der Waals surface area (Å²) < 4.78 is 1.16. The summed E-state index contributed by atoms with van der Waals surface area (Å²) in [7, 11) is 0. The van der Waals surface area contributed by atoms with Gasteiger partial charge in [0.05, 0.1) is 0 Å².